The maximum atomic E-state index is 13.1. The van der Waals surface area contributed by atoms with Crippen LogP contribution >= 0.6 is 15.9 Å². The van der Waals surface area contributed by atoms with Gasteiger partial charge in [0.1, 0.15) is 5.82 Å². The molecule has 82 valence electrons. The molecule has 0 saturated carbocycles. The largest absolute Gasteiger partial charge is 0.391 e. The molecule has 0 unspecified atom stereocenters. The Morgan fingerprint density at radius 1 is 1.47 bits per heavy atom. The Kier molecular flexibility index (Phi) is 3.26. The lowest BCUT2D eigenvalue weighted by atomic mass is 10.1. The highest BCUT2D eigenvalue weighted by Gasteiger charge is 2.19. The average Bonchev–Trinajstić information content (AvgIpc) is 2.22. The topological polar surface area (TPSA) is 23.5 Å². The van der Waals surface area contributed by atoms with Gasteiger partial charge in [-0.3, -0.25) is 0 Å². The van der Waals surface area contributed by atoms with Crippen molar-refractivity contribution in [1.82, 2.24) is 0 Å². The van der Waals surface area contributed by atoms with E-state index in [4.69, 9.17) is 0 Å². The second kappa shape index (κ2) is 4.49. The third-order valence-electron chi connectivity index (χ3n) is 2.65. The van der Waals surface area contributed by atoms with Gasteiger partial charge in [0.25, 0.3) is 0 Å². The molecule has 1 heterocycles. The van der Waals surface area contributed by atoms with E-state index in [1.807, 2.05) is 4.90 Å². The van der Waals surface area contributed by atoms with E-state index < -0.39 is 0 Å². The molecule has 15 heavy (non-hydrogen) atoms. The lowest BCUT2D eigenvalue weighted by Gasteiger charge is -2.32. The first-order valence-corrected chi connectivity index (χ1v) is 5.84. The number of hydrogen-bond acceptors (Lipinski definition) is 2. The summed E-state index contributed by atoms with van der Waals surface area (Å²) in [7, 11) is 0. The van der Waals surface area contributed by atoms with Gasteiger partial charge >= 0.3 is 0 Å². The number of β-amino-alcohol motifs (C(OH)–C–C–N with tert-alkyl or cyclic N) is 1. The minimum Gasteiger partial charge on any atom is -0.391 e. The van der Waals surface area contributed by atoms with E-state index in [-0.39, 0.29) is 11.9 Å². The SMILES string of the molecule is O[C@H]1CCCN(c2cc(F)ccc2Br)C1. The summed E-state index contributed by atoms with van der Waals surface area (Å²) in [6.07, 6.45) is 1.49. The molecule has 1 aromatic rings. The van der Waals surface area contributed by atoms with Gasteiger partial charge in [0.05, 0.1) is 11.8 Å². The molecule has 1 saturated heterocycles. The molecule has 0 radical (unpaired) electrons. The average molecular weight is 274 g/mol. The molecule has 1 aliphatic rings. The molecular weight excluding hydrogens is 261 g/mol. The number of aliphatic hydroxyl groups is 1. The maximum absolute atomic E-state index is 13.1. The minimum absolute atomic E-state index is 0.242. The summed E-state index contributed by atoms with van der Waals surface area (Å²) in [5.74, 6) is -0.242. The van der Waals surface area contributed by atoms with Crippen molar-refractivity contribution >= 4 is 21.6 Å². The summed E-state index contributed by atoms with van der Waals surface area (Å²) in [5.41, 5.74) is 0.828. The van der Waals surface area contributed by atoms with E-state index in [0.717, 1.165) is 29.5 Å². The molecule has 1 atom stereocenters. The number of aliphatic hydroxyl groups excluding tert-OH is 1. The van der Waals surface area contributed by atoms with Crippen LogP contribution in [0.15, 0.2) is 22.7 Å². The van der Waals surface area contributed by atoms with Gasteiger partial charge in [-0.05, 0) is 47.0 Å². The standard InChI is InChI=1S/C11H13BrFNO/c12-10-4-3-8(13)6-11(10)14-5-1-2-9(15)7-14/h3-4,6,9,15H,1-2,5,7H2/t9-/m0/s1. The predicted octanol–water partition coefficient (Wildman–Crippen LogP) is 2.55. The summed E-state index contributed by atoms with van der Waals surface area (Å²) >= 11 is 3.40. The molecule has 1 N–H and O–H groups in total. The molecule has 0 aromatic heterocycles. The van der Waals surface area contributed by atoms with Crippen LogP contribution in [0.5, 0.6) is 0 Å². The van der Waals surface area contributed by atoms with Crippen LogP contribution in [0.2, 0.25) is 0 Å². The van der Waals surface area contributed by atoms with Gasteiger partial charge in [-0.25, -0.2) is 4.39 Å². The van der Waals surface area contributed by atoms with E-state index in [1.54, 1.807) is 6.07 Å². The predicted molar refractivity (Wildman–Crippen MR) is 61.6 cm³/mol. The summed E-state index contributed by atoms with van der Waals surface area (Å²) in [6.45, 7) is 1.46. The Bertz CT molecular complexity index is 358. The molecule has 0 amide bonds. The van der Waals surface area contributed by atoms with Crippen LogP contribution in [0.4, 0.5) is 10.1 Å². The van der Waals surface area contributed by atoms with Gasteiger partial charge < -0.3 is 10.0 Å². The van der Waals surface area contributed by atoms with Crippen LogP contribution in [0.3, 0.4) is 0 Å². The number of halogens is 2. The first-order valence-electron chi connectivity index (χ1n) is 5.05. The van der Waals surface area contributed by atoms with Crippen LogP contribution in [0.1, 0.15) is 12.8 Å². The van der Waals surface area contributed by atoms with Gasteiger partial charge in [-0.2, -0.15) is 0 Å². The van der Waals surface area contributed by atoms with Crippen molar-refractivity contribution in [2.75, 3.05) is 18.0 Å². The fraction of sp³-hybridized carbons (Fsp3) is 0.455. The highest BCUT2D eigenvalue weighted by Crippen LogP contribution is 2.29. The zero-order chi connectivity index (χ0) is 10.8. The fourth-order valence-electron chi connectivity index (χ4n) is 1.90. The lowest BCUT2D eigenvalue weighted by Crippen LogP contribution is -2.38. The van der Waals surface area contributed by atoms with Crippen molar-refractivity contribution in [2.45, 2.75) is 18.9 Å². The Morgan fingerprint density at radius 3 is 3.00 bits per heavy atom. The smallest absolute Gasteiger partial charge is 0.125 e. The Morgan fingerprint density at radius 2 is 2.27 bits per heavy atom. The normalized spacial score (nSPS) is 21.8. The fourth-order valence-corrected chi connectivity index (χ4v) is 2.40. The molecule has 4 heteroatoms. The Balaban J connectivity index is 2.24. The number of piperidine rings is 1. The zero-order valence-electron chi connectivity index (χ0n) is 8.29. The summed E-state index contributed by atoms with van der Waals surface area (Å²) in [4.78, 5) is 2.02. The molecule has 0 spiro atoms. The molecule has 2 rings (SSSR count). The molecule has 2 nitrogen and oxygen atoms in total. The van der Waals surface area contributed by atoms with Crippen molar-refractivity contribution in [1.29, 1.82) is 0 Å². The van der Waals surface area contributed by atoms with Gasteiger partial charge in [-0.15, -0.1) is 0 Å². The van der Waals surface area contributed by atoms with Gasteiger partial charge in [0.15, 0.2) is 0 Å². The first kappa shape index (κ1) is 10.9. The van der Waals surface area contributed by atoms with E-state index in [2.05, 4.69) is 15.9 Å². The van der Waals surface area contributed by atoms with E-state index in [9.17, 15) is 9.50 Å². The summed E-state index contributed by atoms with van der Waals surface area (Å²) in [6, 6.07) is 4.63. The second-order valence-electron chi connectivity index (χ2n) is 3.84. The van der Waals surface area contributed by atoms with E-state index in [0.29, 0.717) is 6.54 Å². The highest BCUT2D eigenvalue weighted by molar-refractivity contribution is 9.10. The van der Waals surface area contributed by atoms with E-state index >= 15 is 0 Å². The molecule has 0 aliphatic carbocycles. The van der Waals surface area contributed by atoms with Gasteiger partial charge in [-0.1, -0.05) is 0 Å². The van der Waals surface area contributed by atoms with Crippen molar-refractivity contribution in [2.24, 2.45) is 0 Å². The molecule has 1 aromatic carbocycles. The molecular formula is C11H13BrFNO. The third kappa shape index (κ3) is 2.49. The number of hydrogen-bond donors (Lipinski definition) is 1. The molecule has 0 bridgehead atoms. The first-order chi connectivity index (χ1) is 7.16. The van der Waals surface area contributed by atoms with Crippen molar-refractivity contribution < 1.29 is 9.50 Å². The van der Waals surface area contributed by atoms with Crippen LogP contribution in [-0.2, 0) is 0 Å². The Hall–Kier alpha value is -0.610. The van der Waals surface area contributed by atoms with Gasteiger partial charge in [0.2, 0.25) is 0 Å². The number of anilines is 1. The van der Waals surface area contributed by atoms with Crippen LogP contribution < -0.4 is 4.90 Å². The maximum Gasteiger partial charge on any atom is 0.125 e. The number of rotatable bonds is 1. The van der Waals surface area contributed by atoms with Crippen molar-refractivity contribution in [3.05, 3.63) is 28.5 Å². The Labute approximate surface area is 96.8 Å². The third-order valence-corrected chi connectivity index (χ3v) is 3.32. The minimum atomic E-state index is -0.297. The summed E-state index contributed by atoms with van der Waals surface area (Å²) in [5, 5.41) is 9.55. The van der Waals surface area contributed by atoms with Gasteiger partial charge in [0, 0.05) is 17.6 Å². The number of benzene rings is 1. The van der Waals surface area contributed by atoms with Crippen LogP contribution in [0.25, 0.3) is 0 Å². The summed E-state index contributed by atoms with van der Waals surface area (Å²) < 4.78 is 14.0. The highest BCUT2D eigenvalue weighted by atomic mass is 79.9. The molecule has 1 aliphatic heterocycles. The van der Waals surface area contributed by atoms with Crippen molar-refractivity contribution in [3.8, 4) is 0 Å². The van der Waals surface area contributed by atoms with Crippen LogP contribution in [0, 0.1) is 5.82 Å². The lowest BCUT2D eigenvalue weighted by molar-refractivity contribution is 0.154. The second-order valence-corrected chi connectivity index (χ2v) is 4.69. The van der Waals surface area contributed by atoms with E-state index in [1.165, 1.54) is 12.1 Å². The van der Waals surface area contributed by atoms with Crippen molar-refractivity contribution in [3.63, 3.8) is 0 Å². The monoisotopic (exact) mass is 273 g/mol. The van der Waals surface area contributed by atoms with Crippen LogP contribution in [-0.4, -0.2) is 24.3 Å². The quantitative estimate of drug-likeness (QED) is 0.850. The number of nitrogens with zero attached hydrogens (tertiary/aromatic N) is 1. The zero-order valence-corrected chi connectivity index (χ0v) is 9.87. The molecule has 1 fully saturated rings.